The van der Waals surface area contributed by atoms with Crippen LogP contribution in [0.25, 0.3) is 0 Å². The van der Waals surface area contributed by atoms with Crippen LogP contribution in [0.15, 0.2) is 22.7 Å². The predicted octanol–water partition coefficient (Wildman–Crippen LogP) is 1.88. The highest BCUT2D eigenvalue weighted by atomic mass is 79.9. The third kappa shape index (κ3) is 3.19. The van der Waals surface area contributed by atoms with E-state index in [9.17, 15) is 5.11 Å². The maximum Gasteiger partial charge on any atom is 0.107 e. The van der Waals surface area contributed by atoms with Gasteiger partial charge in [-0.3, -0.25) is 0 Å². The molecule has 0 bridgehead atoms. The number of ether oxygens (including phenoxy) is 1. The summed E-state index contributed by atoms with van der Waals surface area (Å²) in [5.74, 6) is 0. The van der Waals surface area contributed by atoms with Crippen LogP contribution in [0, 0.1) is 11.3 Å². The predicted molar refractivity (Wildman–Crippen MR) is 67.7 cm³/mol. The minimum Gasteiger partial charge on any atom is -0.386 e. The molecule has 1 aromatic carbocycles. The van der Waals surface area contributed by atoms with Gasteiger partial charge in [0.1, 0.15) is 5.60 Å². The summed E-state index contributed by atoms with van der Waals surface area (Å²) in [4.78, 5) is 0. The van der Waals surface area contributed by atoms with E-state index in [0.29, 0.717) is 31.7 Å². The Morgan fingerprint density at radius 3 is 3.00 bits per heavy atom. The first-order chi connectivity index (χ1) is 8.11. The Morgan fingerprint density at radius 2 is 2.35 bits per heavy atom. The Hall–Kier alpha value is -1.09. The number of rotatable bonds is 3. The summed E-state index contributed by atoms with van der Waals surface area (Å²) in [6.07, 6.45) is 0.638. The number of nitrogens with one attached hydrogen (secondary N) is 1. The quantitative estimate of drug-likeness (QED) is 0.894. The second-order valence-electron chi connectivity index (χ2n) is 4.22. The van der Waals surface area contributed by atoms with Crippen LogP contribution in [0.4, 0.5) is 5.69 Å². The van der Waals surface area contributed by atoms with Crippen molar-refractivity contribution in [3.63, 3.8) is 0 Å². The van der Waals surface area contributed by atoms with Crippen molar-refractivity contribution in [3.8, 4) is 6.07 Å². The minimum absolute atomic E-state index is 0.360. The summed E-state index contributed by atoms with van der Waals surface area (Å²) in [6.45, 7) is 1.38. The van der Waals surface area contributed by atoms with Crippen LogP contribution in [0.3, 0.4) is 0 Å². The minimum atomic E-state index is -0.797. The molecule has 1 saturated heterocycles. The Morgan fingerprint density at radius 1 is 1.53 bits per heavy atom. The highest BCUT2D eigenvalue weighted by molar-refractivity contribution is 9.10. The molecule has 17 heavy (non-hydrogen) atoms. The normalized spacial score (nSPS) is 23.4. The van der Waals surface area contributed by atoms with Crippen molar-refractivity contribution in [2.45, 2.75) is 12.0 Å². The molecule has 4 nitrogen and oxygen atoms in total. The first-order valence-corrected chi connectivity index (χ1v) is 6.15. The zero-order valence-corrected chi connectivity index (χ0v) is 10.8. The van der Waals surface area contributed by atoms with Crippen molar-refractivity contribution in [1.82, 2.24) is 0 Å². The molecular weight excluding hydrogens is 284 g/mol. The molecule has 1 fully saturated rings. The molecule has 0 radical (unpaired) electrons. The highest BCUT2D eigenvalue weighted by Crippen LogP contribution is 2.22. The Kier molecular flexibility index (Phi) is 3.67. The van der Waals surface area contributed by atoms with Gasteiger partial charge >= 0.3 is 0 Å². The van der Waals surface area contributed by atoms with Crippen LogP contribution in [0.5, 0.6) is 0 Å². The van der Waals surface area contributed by atoms with Crippen molar-refractivity contribution in [3.05, 3.63) is 28.2 Å². The fourth-order valence-corrected chi connectivity index (χ4v) is 2.25. The van der Waals surface area contributed by atoms with E-state index in [0.717, 1.165) is 10.2 Å². The molecule has 0 aromatic heterocycles. The van der Waals surface area contributed by atoms with Crippen molar-refractivity contribution in [2.75, 3.05) is 25.1 Å². The van der Waals surface area contributed by atoms with E-state index in [1.165, 1.54) is 0 Å². The van der Waals surface area contributed by atoms with E-state index >= 15 is 0 Å². The fourth-order valence-electron chi connectivity index (χ4n) is 1.76. The molecule has 90 valence electrons. The molecule has 1 atom stereocenters. The van der Waals surface area contributed by atoms with Gasteiger partial charge in [-0.05, 0) is 18.2 Å². The largest absolute Gasteiger partial charge is 0.386 e. The van der Waals surface area contributed by atoms with E-state index in [2.05, 4.69) is 27.3 Å². The van der Waals surface area contributed by atoms with Crippen LogP contribution in [0.2, 0.25) is 0 Å². The van der Waals surface area contributed by atoms with Gasteiger partial charge in [-0.25, -0.2) is 0 Å². The lowest BCUT2D eigenvalue weighted by atomic mass is 10.0. The van der Waals surface area contributed by atoms with Crippen LogP contribution < -0.4 is 5.32 Å². The topological polar surface area (TPSA) is 65.3 Å². The summed E-state index contributed by atoms with van der Waals surface area (Å²) in [5, 5.41) is 22.1. The van der Waals surface area contributed by atoms with Gasteiger partial charge < -0.3 is 15.2 Å². The van der Waals surface area contributed by atoms with Crippen LogP contribution in [-0.4, -0.2) is 30.5 Å². The molecule has 5 heteroatoms. The average Bonchev–Trinajstić information content (AvgIpc) is 2.73. The lowest BCUT2D eigenvalue weighted by Gasteiger charge is -2.21. The van der Waals surface area contributed by atoms with Gasteiger partial charge in [-0.1, -0.05) is 15.9 Å². The van der Waals surface area contributed by atoms with Gasteiger partial charge in [-0.2, -0.15) is 5.26 Å². The van der Waals surface area contributed by atoms with Gasteiger partial charge in [0.15, 0.2) is 0 Å². The van der Waals surface area contributed by atoms with Crippen molar-refractivity contribution >= 4 is 21.6 Å². The molecule has 0 spiro atoms. The Balaban J connectivity index is 2.04. The second kappa shape index (κ2) is 5.05. The summed E-state index contributed by atoms with van der Waals surface area (Å²) < 4.78 is 6.01. The fraction of sp³-hybridized carbons (Fsp3) is 0.417. The van der Waals surface area contributed by atoms with Crippen molar-refractivity contribution < 1.29 is 9.84 Å². The second-order valence-corrected chi connectivity index (χ2v) is 5.14. The summed E-state index contributed by atoms with van der Waals surface area (Å²) in [7, 11) is 0. The number of benzene rings is 1. The molecule has 1 heterocycles. The van der Waals surface area contributed by atoms with Crippen LogP contribution >= 0.6 is 15.9 Å². The molecule has 1 aliphatic rings. The van der Waals surface area contributed by atoms with Gasteiger partial charge in [-0.15, -0.1) is 0 Å². The lowest BCUT2D eigenvalue weighted by molar-refractivity contribution is 0.0382. The maximum atomic E-state index is 10.1. The van der Waals surface area contributed by atoms with E-state index in [4.69, 9.17) is 10.00 Å². The molecule has 1 aromatic rings. The van der Waals surface area contributed by atoms with Gasteiger partial charge in [0.25, 0.3) is 0 Å². The van der Waals surface area contributed by atoms with E-state index in [1.807, 2.05) is 6.07 Å². The average molecular weight is 297 g/mol. The van der Waals surface area contributed by atoms with E-state index < -0.39 is 5.60 Å². The van der Waals surface area contributed by atoms with Crippen molar-refractivity contribution in [1.29, 1.82) is 5.26 Å². The third-order valence-electron chi connectivity index (χ3n) is 2.73. The van der Waals surface area contributed by atoms with Crippen LogP contribution in [-0.2, 0) is 4.74 Å². The van der Waals surface area contributed by atoms with Gasteiger partial charge in [0.2, 0.25) is 0 Å². The molecule has 2 N–H and O–H groups in total. The smallest absolute Gasteiger partial charge is 0.107 e. The zero-order valence-electron chi connectivity index (χ0n) is 9.24. The number of aliphatic hydroxyl groups is 1. The summed E-state index contributed by atoms with van der Waals surface area (Å²) in [6, 6.07) is 7.47. The summed E-state index contributed by atoms with van der Waals surface area (Å²) in [5.41, 5.74) is 0.600. The number of halogens is 1. The van der Waals surface area contributed by atoms with Crippen LogP contribution in [0.1, 0.15) is 12.0 Å². The Labute approximate surface area is 108 Å². The highest BCUT2D eigenvalue weighted by Gasteiger charge is 2.31. The van der Waals surface area contributed by atoms with Gasteiger partial charge in [0, 0.05) is 29.7 Å². The molecule has 2 rings (SSSR count). The molecule has 1 unspecified atom stereocenters. The molecule has 0 saturated carbocycles. The van der Waals surface area contributed by atoms with Crippen molar-refractivity contribution in [2.24, 2.45) is 0 Å². The number of anilines is 1. The maximum absolute atomic E-state index is 10.1. The lowest BCUT2D eigenvalue weighted by Crippen LogP contribution is -2.37. The number of nitriles is 1. The van der Waals surface area contributed by atoms with E-state index in [-0.39, 0.29) is 0 Å². The SMILES string of the molecule is N#Cc1cc(Br)cc(NCC2(O)CCOC2)c1. The first-order valence-electron chi connectivity index (χ1n) is 5.36. The standard InChI is InChI=1S/C12H13BrN2O2/c13-10-3-9(6-14)4-11(5-10)15-7-12(16)1-2-17-8-12/h3-5,15-16H,1-2,7-8H2. The molecule has 1 aliphatic heterocycles. The monoisotopic (exact) mass is 296 g/mol. The van der Waals surface area contributed by atoms with E-state index in [1.54, 1.807) is 12.1 Å². The number of hydrogen-bond donors (Lipinski definition) is 2. The zero-order chi connectivity index (χ0) is 12.3. The molecule has 0 aliphatic carbocycles. The first kappa shape index (κ1) is 12.4. The Bertz CT molecular complexity index is 450. The number of hydrogen-bond acceptors (Lipinski definition) is 4. The molecule has 0 amide bonds. The number of nitrogens with zero attached hydrogens (tertiary/aromatic N) is 1. The summed E-state index contributed by atoms with van der Waals surface area (Å²) >= 11 is 3.34. The van der Waals surface area contributed by atoms with Gasteiger partial charge in [0.05, 0.1) is 18.2 Å². The third-order valence-corrected chi connectivity index (χ3v) is 3.19. The molecular formula is C12H13BrN2O2.